The Kier molecular flexibility index (Phi) is 6.45. The van der Waals surface area contributed by atoms with Gasteiger partial charge in [0.05, 0.1) is 18.6 Å². The number of hydrogen-bond donors (Lipinski definition) is 1. The van der Waals surface area contributed by atoms with Gasteiger partial charge in [0.2, 0.25) is 5.91 Å². The van der Waals surface area contributed by atoms with Gasteiger partial charge in [-0.15, -0.1) is 0 Å². The van der Waals surface area contributed by atoms with Crippen LogP contribution in [0.5, 0.6) is 11.5 Å². The monoisotopic (exact) mass is 375 g/mol. The zero-order chi connectivity index (χ0) is 19.9. The number of rotatable bonds is 7. The van der Waals surface area contributed by atoms with Gasteiger partial charge in [0, 0.05) is 7.05 Å². The topological polar surface area (TPSA) is 49.8 Å². The van der Waals surface area contributed by atoms with Crippen LogP contribution < -0.4 is 4.74 Å². The number of carbonyl (C=O) groups excluding carboxylic acids is 1. The van der Waals surface area contributed by atoms with Crippen LogP contribution in [0.25, 0.3) is 0 Å². The first kappa shape index (κ1) is 19.6. The van der Waals surface area contributed by atoms with E-state index in [4.69, 9.17) is 4.74 Å². The molecule has 4 heteroatoms. The Balaban J connectivity index is 1.59. The van der Waals surface area contributed by atoms with Gasteiger partial charge in [0.1, 0.15) is 11.5 Å². The van der Waals surface area contributed by atoms with Crippen molar-refractivity contribution >= 4 is 5.91 Å². The molecule has 0 heterocycles. The highest BCUT2D eigenvalue weighted by atomic mass is 16.5. The van der Waals surface area contributed by atoms with Crippen molar-refractivity contribution in [3.05, 3.63) is 96.1 Å². The van der Waals surface area contributed by atoms with E-state index in [9.17, 15) is 9.90 Å². The van der Waals surface area contributed by atoms with E-state index in [1.807, 2.05) is 91.9 Å². The van der Waals surface area contributed by atoms with E-state index >= 15 is 0 Å². The first-order valence-corrected chi connectivity index (χ1v) is 9.35. The summed E-state index contributed by atoms with van der Waals surface area (Å²) < 4.78 is 5.78. The first-order chi connectivity index (χ1) is 13.5. The van der Waals surface area contributed by atoms with Gasteiger partial charge < -0.3 is 14.7 Å². The van der Waals surface area contributed by atoms with Crippen molar-refractivity contribution in [2.24, 2.45) is 0 Å². The standard InChI is InChI=1S/C24H25NO3/c1-18(24(27)20-9-5-3-6-10-20)25(2)23(26)17-19-13-15-22(16-14-19)28-21-11-7-4-8-12-21/h3-16,18,24,27H,17H2,1-2H3/t18-,24-/m1/s1. The lowest BCUT2D eigenvalue weighted by atomic mass is 10.0. The Morgan fingerprint density at radius 2 is 1.43 bits per heavy atom. The van der Waals surface area contributed by atoms with Gasteiger partial charge in [0.25, 0.3) is 0 Å². The third-order valence-corrected chi connectivity index (χ3v) is 4.86. The second-order valence-electron chi connectivity index (χ2n) is 6.84. The van der Waals surface area contributed by atoms with Crippen molar-refractivity contribution in [1.82, 2.24) is 4.90 Å². The van der Waals surface area contributed by atoms with Crippen molar-refractivity contribution in [3.63, 3.8) is 0 Å². The smallest absolute Gasteiger partial charge is 0.227 e. The molecule has 3 aromatic carbocycles. The molecule has 1 amide bonds. The van der Waals surface area contributed by atoms with Crippen LogP contribution in [-0.4, -0.2) is 29.0 Å². The molecule has 1 N–H and O–H groups in total. The largest absolute Gasteiger partial charge is 0.457 e. The minimum absolute atomic E-state index is 0.0424. The zero-order valence-corrected chi connectivity index (χ0v) is 16.2. The molecule has 0 aliphatic heterocycles. The van der Waals surface area contributed by atoms with Crippen LogP contribution in [0.2, 0.25) is 0 Å². The van der Waals surface area contributed by atoms with E-state index in [2.05, 4.69) is 0 Å². The molecule has 3 rings (SSSR count). The number of amides is 1. The molecule has 144 valence electrons. The van der Waals surface area contributed by atoms with E-state index in [1.54, 1.807) is 11.9 Å². The van der Waals surface area contributed by atoms with Crippen molar-refractivity contribution in [2.75, 3.05) is 7.05 Å². The number of nitrogens with zero attached hydrogens (tertiary/aromatic N) is 1. The number of likely N-dealkylation sites (N-methyl/N-ethyl adjacent to an activating group) is 1. The molecule has 2 atom stereocenters. The lowest BCUT2D eigenvalue weighted by Gasteiger charge is -2.29. The molecule has 28 heavy (non-hydrogen) atoms. The van der Waals surface area contributed by atoms with Crippen molar-refractivity contribution < 1.29 is 14.6 Å². The van der Waals surface area contributed by atoms with E-state index < -0.39 is 6.10 Å². The van der Waals surface area contributed by atoms with E-state index in [0.717, 1.165) is 22.6 Å². The molecule has 0 bridgehead atoms. The number of aliphatic hydroxyl groups excluding tert-OH is 1. The first-order valence-electron chi connectivity index (χ1n) is 9.35. The van der Waals surface area contributed by atoms with Gasteiger partial charge in [-0.3, -0.25) is 4.79 Å². The molecule has 0 spiro atoms. The highest BCUT2D eigenvalue weighted by Gasteiger charge is 2.24. The summed E-state index contributed by atoms with van der Waals surface area (Å²) in [5.74, 6) is 1.46. The van der Waals surface area contributed by atoms with E-state index in [-0.39, 0.29) is 18.4 Å². The van der Waals surface area contributed by atoms with Crippen LogP contribution in [0.4, 0.5) is 0 Å². The summed E-state index contributed by atoms with van der Waals surface area (Å²) in [6.07, 6.45) is -0.453. The number of ether oxygens (including phenoxy) is 1. The maximum Gasteiger partial charge on any atom is 0.227 e. The highest BCUT2D eigenvalue weighted by Crippen LogP contribution is 2.23. The van der Waals surface area contributed by atoms with Crippen molar-refractivity contribution in [2.45, 2.75) is 25.5 Å². The Morgan fingerprint density at radius 1 is 0.893 bits per heavy atom. The average molecular weight is 375 g/mol. The number of carbonyl (C=O) groups is 1. The van der Waals surface area contributed by atoms with Crippen molar-refractivity contribution in [3.8, 4) is 11.5 Å². The van der Waals surface area contributed by atoms with E-state index in [1.165, 1.54) is 0 Å². The number of para-hydroxylation sites is 1. The number of hydrogen-bond acceptors (Lipinski definition) is 3. The molecule has 3 aromatic rings. The molecule has 0 saturated heterocycles. The molecule has 0 aromatic heterocycles. The predicted octanol–water partition coefficient (Wildman–Crippen LogP) is 4.60. The molecule has 0 aliphatic rings. The molecule has 0 unspecified atom stereocenters. The van der Waals surface area contributed by atoms with Gasteiger partial charge in [-0.2, -0.15) is 0 Å². The minimum atomic E-state index is -0.725. The second kappa shape index (κ2) is 9.20. The van der Waals surface area contributed by atoms with Gasteiger partial charge >= 0.3 is 0 Å². The van der Waals surface area contributed by atoms with Crippen LogP contribution in [0, 0.1) is 0 Å². The lowest BCUT2D eigenvalue weighted by Crippen LogP contribution is -2.39. The normalized spacial score (nSPS) is 12.8. The minimum Gasteiger partial charge on any atom is -0.457 e. The third-order valence-electron chi connectivity index (χ3n) is 4.86. The summed E-state index contributed by atoms with van der Waals surface area (Å²) in [6, 6.07) is 26.1. The number of aliphatic hydroxyl groups is 1. The zero-order valence-electron chi connectivity index (χ0n) is 16.2. The molecular weight excluding hydrogens is 350 g/mol. The van der Waals surface area contributed by atoms with Gasteiger partial charge in [0.15, 0.2) is 0 Å². The van der Waals surface area contributed by atoms with E-state index in [0.29, 0.717) is 0 Å². The molecule has 0 fully saturated rings. The van der Waals surface area contributed by atoms with Crippen LogP contribution in [0.15, 0.2) is 84.9 Å². The summed E-state index contributed by atoms with van der Waals surface area (Å²) in [6.45, 7) is 1.85. The summed E-state index contributed by atoms with van der Waals surface area (Å²) in [5, 5.41) is 10.5. The maximum atomic E-state index is 12.6. The highest BCUT2D eigenvalue weighted by molar-refractivity contribution is 5.79. The SMILES string of the molecule is C[C@H]([C@@H](O)c1ccccc1)N(C)C(=O)Cc1ccc(Oc2ccccc2)cc1. The molecule has 4 nitrogen and oxygen atoms in total. The molecular formula is C24H25NO3. The predicted molar refractivity (Wildman–Crippen MR) is 110 cm³/mol. The fourth-order valence-electron chi connectivity index (χ4n) is 2.97. The maximum absolute atomic E-state index is 12.6. The van der Waals surface area contributed by atoms with Crippen LogP contribution in [0.1, 0.15) is 24.2 Å². The Bertz CT molecular complexity index is 879. The van der Waals surface area contributed by atoms with Crippen LogP contribution in [0.3, 0.4) is 0 Å². The molecule has 0 aliphatic carbocycles. The second-order valence-corrected chi connectivity index (χ2v) is 6.84. The van der Waals surface area contributed by atoms with Gasteiger partial charge in [-0.25, -0.2) is 0 Å². The van der Waals surface area contributed by atoms with Gasteiger partial charge in [-0.1, -0.05) is 60.7 Å². The Morgan fingerprint density at radius 3 is 2.04 bits per heavy atom. The van der Waals surface area contributed by atoms with Gasteiger partial charge in [-0.05, 0) is 42.3 Å². The lowest BCUT2D eigenvalue weighted by molar-refractivity contribution is -0.133. The molecule has 0 saturated carbocycles. The van der Waals surface area contributed by atoms with Crippen LogP contribution >= 0.6 is 0 Å². The summed E-state index contributed by atoms with van der Waals surface area (Å²) in [5.41, 5.74) is 1.70. The Hall–Kier alpha value is -3.11. The van der Waals surface area contributed by atoms with Crippen LogP contribution in [-0.2, 0) is 11.2 Å². The number of benzene rings is 3. The fourth-order valence-corrected chi connectivity index (χ4v) is 2.97. The summed E-state index contributed by atoms with van der Waals surface area (Å²) >= 11 is 0. The quantitative estimate of drug-likeness (QED) is 0.656. The third kappa shape index (κ3) is 4.99. The summed E-state index contributed by atoms with van der Waals surface area (Å²) in [4.78, 5) is 14.3. The Labute approximate surface area is 166 Å². The summed E-state index contributed by atoms with van der Waals surface area (Å²) in [7, 11) is 1.73. The fraction of sp³-hybridized carbons (Fsp3) is 0.208. The van der Waals surface area contributed by atoms with Crippen molar-refractivity contribution in [1.29, 1.82) is 0 Å². The average Bonchev–Trinajstić information content (AvgIpc) is 2.75. The molecule has 0 radical (unpaired) electrons.